The van der Waals surface area contributed by atoms with Crippen LogP contribution in [0.4, 0.5) is 15.8 Å². The summed E-state index contributed by atoms with van der Waals surface area (Å²) < 4.78 is 14.2. The van der Waals surface area contributed by atoms with E-state index >= 15 is 0 Å². The number of rotatable bonds is 7. The monoisotopic (exact) mass is 518 g/mol. The van der Waals surface area contributed by atoms with Gasteiger partial charge in [-0.25, -0.2) is 4.39 Å². The number of aldehydes is 1. The molecule has 1 fully saturated rings. The van der Waals surface area contributed by atoms with Gasteiger partial charge in [-0.05, 0) is 60.1 Å². The molecule has 0 spiro atoms. The van der Waals surface area contributed by atoms with Gasteiger partial charge in [-0.3, -0.25) is 9.88 Å². The number of hydrogen-bond donors (Lipinski definition) is 2. The van der Waals surface area contributed by atoms with Gasteiger partial charge < -0.3 is 20.1 Å². The minimum atomic E-state index is -0.787. The molecule has 0 bridgehead atoms. The zero-order valence-corrected chi connectivity index (χ0v) is 21.3. The van der Waals surface area contributed by atoms with Gasteiger partial charge >= 0.3 is 0 Å². The Hall–Kier alpha value is -3.52. The van der Waals surface area contributed by atoms with Gasteiger partial charge in [-0.1, -0.05) is 29.8 Å². The highest BCUT2D eigenvalue weighted by atomic mass is 35.5. The molecule has 1 saturated heterocycles. The van der Waals surface area contributed by atoms with Crippen LogP contribution in [0.3, 0.4) is 0 Å². The fourth-order valence-electron chi connectivity index (χ4n) is 4.64. The summed E-state index contributed by atoms with van der Waals surface area (Å²) in [5, 5.41) is 13.9. The van der Waals surface area contributed by atoms with Gasteiger partial charge in [0.15, 0.2) is 11.6 Å². The summed E-state index contributed by atoms with van der Waals surface area (Å²) in [5.74, 6) is -1.36. The van der Waals surface area contributed by atoms with Crippen molar-refractivity contribution in [1.29, 1.82) is 0 Å². The van der Waals surface area contributed by atoms with Crippen molar-refractivity contribution in [3.63, 3.8) is 0 Å². The second-order valence-corrected chi connectivity index (χ2v) is 9.86. The molecule has 3 aromatic carbocycles. The molecule has 8 heteroatoms. The van der Waals surface area contributed by atoms with Crippen molar-refractivity contribution in [2.45, 2.75) is 13.0 Å². The first-order valence-corrected chi connectivity index (χ1v) is 12.6. The number of halogens is 2. The average Bonchev–Trinajstić information content (AvgIpc) is 2.90. The number of aromatic hydroxyl groups is 1. The van der Waals surface area contributed by atoms with Crippen LogP contribution < -0.4 is 5.32 Å². The van der Waals surface area contributed by atoms with Crippen molar-refractivity contribution in [3.8, 4) is 16.9 Å². The number of pyridine rings is 1. The van der Waals surface area contributed by atoms with Crippen LogP contribution in [0.5, 0.6) is 5.75 Å². The summed E-state index contributed by atoms with van der Waals surface area (Å²) in [5.41, 5.74) is 5.65. The maximum Gasteiger partial charge on any atom is 0.170 e. The largest absolute Gasteiger partial charge is 0.504 e. The number of benzene rings is 3. The van der Waals surface area contributed by atoms with Gasteiger partial charge in [-0.2, -0.15) is 0 Å². The van der Waals surface area contributed by atoms with E-state index < -0.39 is 11.6 Å². The Morgan fingerprint density at radius 2 is 1.81 bits per heavy atom. The first kappa shape index (κ1) is 25.1. The van der Waals surface area contributed by atoms with Crippen molar-refractivity contribution in [2.24, 2.45) is 0 Å². The van der Waals surface area contributed by atoms with E-state index in [0.717, 1.165) is 66.9 Å². The van der Waals surface area contributed by atoms with Gasteiger partial charge in [0.2, 0.25) is 0 Å². The van der Waals surface area contributed by atoms with Gasteiger partial charge in [0.1, 0.15) is 6.29 Å². The molecule has 1 aromatic heterocycles. The predicted molar refractivity (Wildman–Crippen MR) is 146 cm³/mol. The molecule has 1 aliphatic rings. The van der Waals surface area contributed by atoms with E-state index in [1.807, 2.05) is 30.3 Å². The number of anilines is 2. The third-order valence-electron chi connectivity index (χ3n) is 6.83. The Morgan fingerprint density at radius 1 is 1.05 bits per heavy atom. The third kappa shape index (κ3) is 5.59. The number of hydrogen-bond acceptors (Lipinski definition) is 6. The van der Waals surface area contributed by atoms with E-state index in [0.29, 0.717) is 11.1 Å². The number of aromatic nitrogens is 1. The Bertz CT molecular complexity index is 1410. The van der Waals surface area contributed by atoms with E-state index in [-0.39, 0.29) is 11.4 Å². The van der Waals surface area contributed by atoms with Crippen LogP contribution >= 0.6 is 11.6 Å². The molecule has 6 nitrogen and oxygen atoms in total. The van der Waals surface area contributed by atoms with Crippen LogP contribution in [0, 0.1) is 5.82 Å². The molecule has 0 atom stereocenters. The Morgan fingerprint density at radius 3 is 2.51 bits per heavy atom. The Kier molecular flexibility index (Phi) is 7.37. The Labute approximate surface area is 220 Å². The molecule has 37 heavy (non-hydrogen) atoms. The molecule has 1 aliphatic heterocycles. The number of likely N-dealkylation sites (N-methyl/N-ethyl adjacent to an activating group) is 1. The number of phenolic OH excluding ortho intramolecular Hbond substituents is 1. The van der Waals surface area contributed by atoms with Crippen molar-refractivity contribution in [1.82, 2.24) is 14.8 Å². The summed E-state index contributed by atoms with van der Waals surface area (Å²) in [4.78, 5) is 20.7. The van der Waals surface area contributed by atoms with E-state index in [4.69, 9.17) is 11.6 Å². The fraction of sp³-hybridized carbons (Fsp3) is 0.241. The van der Waals surface area contributed by atoms with Gasteiger partial charge in [0, 0.05) is 62.0 Å². The minimum Gasteiger partial charge on any atom is -0.504 e. The molecule has 0 saturated carbocycles. The van der Waals surface area contributed by atoms with Crippen LogP contribution in [-0.2, 0) is 17.8 Å². The van der Waals surface area contributed by atoms with E-state index in [1.54, 1.807) is 6.20 Å². The summed E-state index contributed by atoms with van der Waals surface area (Å²) in [6, 6.07) is 16.7. The first-order chi connectivity index (χ1) is 17.9. The highest BCUT2D eigenvalue weighted by Crippen LogP contribution is 2.36. The van der Waals surface area contributed by atoms with E-state index in [2.05, 4.69) is 39.3 Å². The third-order valence-corrected chi connectivity index (χ3v) is 7.11. The molecule has 0 radical (unpaired) electrons. The molecule has 2 heterocycles. The van der Waals surface area contributed by atoms with E-state index in [9.17, 15) is 14.3 Å². The second kappa shape index (κ2) is 10.8. The van der Waals surface area contributed by atoms with Gasteiger partial charge in [0.25, 0.3) is 0 Å². The standard InChI is InChI=1S/C29H28ClFN4O2/c1-34-9-11-35(12-10-34)18-19-2-5-23(6-3-19)33-28-21(8-13-36)17-32-27-7-4-20(14-24(27)28)22-15-25(30)29(37)26(31)16-22/h2-7,13-17,37H,8-12,18H2,1H3,(H,32,33). The smallest absolute Gasteiger partial charge is 0.170 e. The highest BCUT2D eigenvalue weighted by molar-refractivity contribution is 6.32. The van der Waals surface area contributed by atoms with E-state index in [1.165, 1.54) is 17.7 Å². The summed E-state index contributed by atoms with van der Waals surface area (Å²) in [6.45, 7) is 5.20. The number of carbonyl (C=O) groups excluding carboxylic acids is 1. The zero-order chi connectivity index (χ0) is 25.9. The molecule has 0 unspecified atom stereocenters. The van der Waals surface area contributed by atoms with Crippen LogP contribution in [0.2, 0.25) is 5.02 Å². The topological polar surface area (TPSA) is 68.7 Å². The van der Waals surface area contributed by atoms with Crippen LogP contribution in [0.25, 0.3) is 22.0 Å². The molecular formula is C29H28ClFN4O2. The maximum absolute atomic E-state index is 14.2. The average molecular weight is 519 g/mol. The molecule has 0 aliphatic carbocycles. The summed E-state index contributed by atoms with van der Waals surface area (Å²) in [6.07, 6.45) is 2.76. The van der Waals surface area contributed by atoms with Crippen molar-refractivity contribution < 1.29 is 14.3 Å². The molecule has 0 amide bonds. The number of carbonyl (C=O) groups is 1. The molecule has 5 rings (SSSR count). The van der Waals surface area contributed by atoms with Gasteiger partial charge in [-0.15, -0.1) is 0 Å². The van der Waals surface area contributed by atoms with Gasteiger partial charge in [0.05, 0.1) is 16.2 Å². The number of nitrogens with zero attached hydrogens (tertiary/aromatic N) is 3. The van der Waals surface area contributed by atoms with Crippen LogP contribution in [0.1, 0.15) is 11.1 Å². The highest BCUT2D eigenvalue weighted by Gasteiger charge is 2.15. The number of piperazine rings is 1. The lowest BCUT2D eigenvalue weighted by atomic mass is 10.00. The molecule has 4 aromatic rings. The predicted octanol–water partition coefficient (Wildman–Crippen LogP) is 5.63. The molecule has 2 N–H and O–H groups in total. The number of fused-ring (bicyclic) bond motifs is 1. The SMILES string of the molecule is CN1CCN(Cc2ccc(Nc3c(CC=O)cnc4ccc(-c5cc(F)c(O)c(Cl)c5)cc34)cc2)CC1. The lowest BCUT2D eigenvalue weighted by molar-refractivity contribution is -0.107. The normalized spacial score (nSPS) is 14.7. The molecule has 190 valence electrons. The molecular weight excluding hydrogens is 491 g/mol. The van der Waals surface area contributed by atoms with Crippen molar-refractivity contribution in [2.75, 3.05) is 38.5 Å². The number of nitrogens with one attached hydrogen (secondary N) is 1. The second-order valence-electron chi connectivity index (χ2n) is 9.45. The lowest BCUT2D eigenvalue weighted by Gasteiger charge is -2.32. The van der Waals surface area contributed by atoms with Crippen molar-refractivity contribution in [3.05, 3.63) is 82.8 Å². The van der Waals surface area contributed by atoms with Crippen LogP contribution in [0.15, 0.2) is 60.8 Å². The summed E-state index contributed by atoms with van der Waals surface area (Å²) >= 11 is 6.01. The quantitative estimate of drug-likeness (QED) is 0.309. The fourth-order valence-corrected chi connectivity index (χ4v) is 4.85. The first-order valence-electron chi connectivity index (χ1n) is 12.2. The lowest BCUT2D eigenvalue weighted by Crippen LogP contribution is -2.43. The number of phenols is 1. The summed E-state index contributed by atoms with van der Waals surface area (Å²) in [7, 11) is 2.15. The maximum atomic E-state index is 14.2. The minimum absolute atomic E-state index is 0.0575. The zero-order valence-electron chi connectivity index (χ0n) is 20.5. The van der Waals surface area contributed by atoms with Crippen LogP contribution in [-0.4, -0.2) is 59.4 Å². The Balaban J connectivity index is 1.46. The van der Waals surface area contributed by atoms with Crippen molar-refractivity contribution >= 4 is 40.2 Å².